The number of carbonyl (C=O) groups is 2. The van der Waals surface area contributed by atoms with Crippen LogP contribution in [0.15, 0.2) is 84.9 Å². The van der Waals surface area contributed by atoms with Gasteiger partial charge in [-0.05, 0) is 59.3 Å². The maximum absolute atomic E-state index is 12.7. The van der Waals surface area contributed by atoms with Gasteiger partial charge in [0.05, 0.1) is 22.1 Å². The first-order chi connectivity index (χ1) is 16.6. The molecule has 6 aromatic rings. The van der Waals surface area contributed by atoms with Crippen LogP contribution in [0.3, 0.4) is 0 Å². The average molecular weight is 446 g/mol. The highest BCUT2D eigenvalue weighted by Gasteiger charge is 2.13. The molecule has 0 aliphatic carbocycles. The molecule has 4 N–H and O–H groups in total. The number of benzene rings is 4. The molecule has 2 heterocycles. The smallest absolute Gasteiger partial charge is 0.257 e. The number of rotatable bonds is 4. The van der Waals surface area contributed by atoms with E-state index < -0.39 is 0 Å². The Morgan fingerprint density at radius 3 is 1.47 bits per heavy atom. The number of fused-ring (bicyclic) bond motifs is 3. The molecule has 0 atom stereocenters. The minimum atomic E-state index is -0.271. The number of nitrogens with zero attached hydrogens (tertiary/aromatic N) is 2. The predicted octanol–water partition coefficient (Wildman–Crippen LogP) is 5.10. The van der Waals surface area contributed by atoms with Crippen LogP contribution in [0.4, 0.5) is 11.9 Å². The SMILES string of the molecule is O=C(Nc1nc2ccccc2[nH]1)c1ccc2cc(C(=O)Nc3nc4ccccc4[nH]3)ccc2c1. The second kappa shape index (κ2) is 7.86. The molecule has 0 saturated carbocycles. The van der Waals surface area contributed by atoms with E-state index in [0.717, 1.165) is 32.8 Å². The minimum absolute atomic E-state index is 0.271. The van der Waals surface area contributed by atoms with E-state index in [-0.39, 0.29) is 11.8 Å². The van der Waals surface area contributed by atoms with Crippen molar-refractivity contribution < 1.29 is 9.59 Å². The summed E-state index contributed by atoms with van der Waals surface area (Å²) in [6, 6.07) is 25.8. The Balaban J connectivity index is 1.21. The van der Waals surface area contributed by atoms with Crippen LogP contribution in [0.25, 0.3) is 32.8 Å². The zero-order valence-electron chi connectivity index (χ0n) is 17.8. The molecule has 2 amide bonds. The highest BCUT2D eigenvalue weighted by molar-refractivity contribution is 6.08. The first-order valence-corrected chi connectivity index (χ1v) is 10.7. The van der Waals surface area contributed by atoms with Crippen molar-refractivity contribution in [3.8, 4) is 0 Å². The number of aromatic nitrogens is 4. The van der Waals surface area contributed by atoms with Crippen LogP contribution in [0, 0.1) is 0 Å². The van der Waals surface area contributed by atoms with Gasteiger partial charge in [0.2, 0.25) is 11.9 Å². The molecule has 0 saturated heterocycles. The molecule has 0 fully saturated rings. The summed E-state index contributed by atoms with van der Waals surface area (Å²) in [5.41, 5.74) is 4.25. The largest absolute Gasteiger partial charge is 0.324 e. The summed E-state index contributed by atoms with van der Waals surface area (Å²) in [5, 5.41) is 7.29. The number of carbonyl (C=O) groups excluding carboxylic acids is 2. The summed E-state index contributed by atoms with van der Waals surface area (Å²) in [5.74, 6) is 0.244. The van der Waals surface area contributed by atoms with Crippen molar-refractivity contribution in [1.82, 2.24) is 19.9 Å². The van der Waals surface area contributed by atoms with Crippen LogP contribution in [0.5, 0.6) is 0 Å². The number of hydrogen-bond donors (Lipinski definition) is 4. The molecule has 0 bridgehead atoms. The van der Waals surface area contributed by atoms with Gasteiger partial charge in [-0.15, -0.1) is 0 Å². The van der Waals surface area contributed by atoms with Crippen LogP contribution >= 0.6 is 0 Å². The molecule has 4 aromatic carbocycles. The molecule has 0 spiro atoms. The number of anilines is 2. The summed E-state index contributed by atoms with van der Waals surface area (Å²) in [6.07, 6.45) is 0. The van der Waals surface area contributed by atoms with Gasteiger partial charge in [-0.25, -0.2) is 9.97 Å². The molecular weight excluding hydrogens is 428 g/mol. The number of aromatic amines is 2. The lowest BCUT2D eigenvalue weighted by molar-refractivity contribution is 0.101. The minimum Gasteiger partial charge on any atom is -0.324 e. The van der Waals surface area contributed by atoms with Crippen molar-refractivity contribution in [2.24, 2.45) is 0 Å². The first kappa shape index (κ1) is 19.7. The third kappa shape index (κ3) is 3.63. The van der Waals surface area contributed by atoms with Gasteiger partial charge < -0.3 is 9.97 Å². The van der Waals surface area contributed by atoms with Crippen LogP contribution < -0.4 is 10.6 Å². The van der Waals surface area contributed by atoms with Crippen LogP contribution in [-0.2, 0) is 0 Å². The van der Waals surface area contributed by atoms with Crippen molar-refractivity contribution in [3.63, 3.8) is 0 Å². The zero-order valence-corrected chi connectivity index (χ0v) is 17.8. The van der Waals surface area contributed by atoms with Crippen LogP contribution in [0.2, 0.25) is 0 Å². The maximum Gasteiger partial charge on any atom is 0.257 e. The third-order valence-corrected chi connectivity index (χ3v) is 5.61. The summed E-state index contributed by atoms with van der Waals surface area (Å²) < 4.78 is 0. The molecule has 34 heavy (non-hydrogen) atoms. The summed E-state index contributed by atoms with van der Waals surface area (Å²) in [7, 11) is 0. The van der Waals surface area contributed by atoms with Crippen molar-refractivity contribution in [1.29, 1.82) is 0 Å². The lowest BCUT2D eigenvalue weighted by Gasteiger charge is -2.06. The lowest BCUT2D eigenvalue weighted by atomic mass is 10.0. The standard InChI is InChI=1S/C26H18N6O2/c33-23(31-25-27-19-5-1-2-6-20(19)28-25)17-11-9-16-14-18(12-10-15(16)13-17)24(34)32-26-29-21-7-3-4-8-22(21)30-26/h1-14H,(H2,27,28,31,33)(H2,29,30,32,34). The van der Waals surface area contributed by atoms with E-state index in [0.29, 0.717) is 23.0 Å². The molecule has 164 valence electrons. The molecule has 0 radical (unpaired) electrons. The van der Waals surface area contributed by atoms with Gasteiger partial charge in [-0.1, -0.05) is 36.4 Å². The van der Waals surface area contributed by atoms with Crippen LogP contribution in [0.1, 0.15) is 20.7 Å². The molecule has 6 rings (SSSR count). The second-order valence-electron chi connectivity index (χ2n) is 7.89. The quantitative estimate of drug-likeness (QED) is 0.302. The van der Waals surface area contributed by atoms with Crippen molar-refractivity contribution in [2.45, 2.75) is 0 Å². The van der Waals surface area contributed by atoms with Gasteiger partial charge >= 0.3 is 0 Å². The van der Waals surface area contributed by atoms with Gasteiger partial charge in [0.15, 0.2) is 0 Å². The number of amides is 2. The highest BCUT2D eigenvalue weighted by atomic mass is 16.2. The van der Waals surface area contributed by atoms with Gasteiger partial charge in [-0.2, -0.15) is 0 Å². The van der Waals surface area contributed by atoms with Gasteiger partial charge in [0, 0.05) is 11.1 Å². The van der Waals surface area contributed by atoms with E-state index in [1.165, 1.54) is 0 Å². The molecule has 2 aromatic heterocycles. The fraction of sp³-hybridized carbons (Fsp3) is 0. The van der Waals surface area contributed by atoms with E-state index in [1.54, 1.807) is 24.3 Å². The topological polar surface area (TPSA) is 116 Å². The third-order valence-electron chi connectivity index (χ3n) is 5.61. The molecule has 0 aliphatic rings. The molecule has 8 nitrogen and oxygen atoms in total. The number of H-pyrrole nitrogens is 2. The Kier molecular flexibility index (Phi) is 4.55. The Labute approximate surface area is 193 Å². The normalized spacial score (nSPS) is 11.2. The summed E-state index contributed by atoms with van der Waals surface area (Å²) in [6.45, 7) is 0. The van der Waals surface area contributed by atoms with E-state index >= 15 is 0 Å². The number of para-hydroxylation sites is 4. The molecule has 8 heteroatoms. The number of hydrogen-bond acceptors (Lipinski definition) is 4. The maximum atomic E-state index is 12.7. The number of imidazole rings is 2. The van der Waals surface area contributed by atoms with Gasteiger partial charge in [0.25, 0.3) is 11.8 Å². The first-order valence-electron chi connectivity index (χ1n) is 10.7. The average Bonchev–Trinajstić information content (AvgIpc) is 3.46. The van der Waals surface area contributed by atoms with E-state index in [9.17, 15) is 9.59 Å². The second-order valence-corrected chi connectivity index (χ2v) is 7.89. The fourth-order valence-corrected chi connectivity index (χ4v) is 3.91. The van der Waals surface area contributed by atoms with E-state index in [4.69, 9.17) is 0 Å². The number of nitrogens with one attached hydrogen (secondary N) is 4. The van der Waals surface area contributed by atoms with Crippen LogP contribution in [-0.4, -0.2) is 31.8 Å². The van der Waals surface area contributed by atoms with Gasteiger partial charge in [-0.3, -0.25) is 20.2 Å². The van der Waals surface area contributed by atoms with Crippen molar-refractivity contribution >= 4 is 56.6 Å². The summed E-state index contributed by atoms with van der Waals surface area (Å²) in [4.78, 5) is 40.4. The van der Waals surface area contributed by atoms with Gasteiger partial charge in [0.1, 0.15) is 0 Å². The van der Waals surface area contributed by atoms with Crippen molar-refractivity contribution in [2.75, 3.05) is 10.6 Å². The summed E-state index contributed by atoms with van der Waals surface area (Å²) >= 11 is 0. The Bertz CT molecular complexity index is 1520. The predicted molar refractivity (Wildman–Crippen MR) is 132 cm³/mol. The molecular formula is C26H18N6O2. The Morgan fingerprint density at radius 1 is 0.588 bits per heavy atom. The molecule has 0 unspecified atom stereocenters. The molecule has 0 aliphatic heterocycles. The zero-order chi connectivity index (χ0) is 23.1. The highest BCUT2D eigenvalue weighted by Crippen LogP contribution is 2.21. The lowest BCUT2D eigenvalue weighted by Crippen LogP contribution is -2.13. The monoisotopic (exact) mass is 446 g/mol. The fourth-order valence-electron chi connectivity index (χ4n) is 3.91. The Hall–Kier alpha value is -4.98. The Morgan fingerprint density at radius 2 is 1.03 bits per heavy atom. The van der Waals surface area contributed by atoms with E-state index in [2.05, 4.69) is 30.6 Å². The van der Waals surface area contributed by atoms with Crippen molar-refractivity contribution in [3.05, 3.63) is 96.1 Å². The van der Waals surface area contributed by atoms with E-state index in [1.807, 2.05) is 60.7 Å².